The van der Waals surface area contributed by atoms with Crippen molar-refractivity contribution in [3.63, 3.8) is 0 Å². The van der Waals surface area contributed by atoms with Gasteiger partial charge >= 0.3 is 0 Å². The third-order valence-electron chi connectivity index (χ3n) is 3.94. The first kappa shape index (κ1) is 18.0. The lowest BCUT2D eigenvalue weighted by atomic mass is 10.1. The van der Waals surface area contributed by atoms with E-state index in [4.69, 9.17) is 10.00 Å². The SMILES string of the molecule is COc1ccc(C)cc1Nc1cc(C(=O)Nc2ccccc2C#N)ccn1. The lowest BCUT2D eigenvalue weighted by molar-refractivity contribution is 0.102. The molecule has 0 radical (unpaired) electrons. The lowest BCUT2D eigenvalue weighted by Crippen LogP contribution is -2.13. The summed E-state index contributed by atoms with van der Waals surface area (Å²) in [6.45, 7) is 1.98. The quantitative estimate of drug-likeness (QED) is 0.711. The maximum atomic E-state index is 12.6. The van der Waals surface area contributed by atoms with E-state index in [9.17, 15) is 4.79 Å². The number of aromatic nitrogens is 1. The van der Waals surface area contributed by atoms with Crippen LogP contribution >= 0.6 is 0 Å². The van der Waals surface area contributed by atoms with E-state index < -0.39 is 0 Å². The van der Waals surface area contributed by atoms with Crippen molar-refractivity contribution in [3.05, 3.63) is 77.5 Å². The van der Waals surface area contributed by atoms with Crippen molar-refractivity contribution in [2.75, 3.05) is 17.7 Å². The van der Waals surface area contributed by atoms with Gasteiger partial charge in [-0.25, -0.2) is 4.98 Å². The Bertz CT molecular complexity index is 1020. The van der Waals surface area contributed by atoms with Gasteiger partial charge in [0.1, 0.15) is 17.6 Å². The summed E-state index contributed by atoms with van der Waals surface area (Å²) in [5, 5.41) is 15.1. The molecule has 6 heteroatoms. The van der Waals surface area contributed by atoms with Crippen LogP contribution in [0.2, 0.25) is 0 Å². The van der Waals surface area contributed by atoms with Gasteiger partial charge in [0.25, 0.3) is 5.91 Å². The third-order valence-corrected chi connectivity index (χ3v) is 3.94. The summed E-state index contributed by atoms with van der Waals surface area (Å²) in [5.74, 6) is 0.875. The van der Waals surface area contributed by atoms with Crippen LogP contribution in [0.5, 0.6) is 5.75 Å². The number of anilines is 3. The van der Waals surface area contributed by atoms with Gasteiger partial charge < -0.3 is 15.4 Å². The Morgan fingerprint density at radius 1 is 1.11 bits per heavy atom. The number of amides is 1. The number of methoxy groups -OCH3 is 1. The number of hydrogen-bond donors (Lipinski definition) is 2. The van der Waals surface area contributed by atoms with Gasteiger partial charge in [-0.1, -0.05) is 18.2 Å². The maximum Gasteiger partial charge on any atom is 0.255 e. The average molecular weight is 358 g/mol. The number of carbonyl (C=O) groups excluding carboxylic acids is 1. The molecule has 0 unspecified atom stereocenters. The molecule has 0 fully saturated rings. The molecular formula is C21H18N4O2. The Balaban J connectivity index is 1.82. The van der Waals surface area contributed by atoms with Gasteiger partial charge in [0.2, 0.25) is 0 Å². The smallest absolute Gasteiger partial charge is 0.255 e. The van der Waals surface area contributed by atoms with E-state index >= 15 is 0 Å². The second-order valence-electron chi connectivity index (χ2n) is 5.87. The molecule has 0 saturated heterocycles. The molecule has 1 amide bonds. The van der Waals surface area contributed by atoms with Crippen LogP contribution in [0, 0.1) is 18.3 Å². The number of benzene rings is 2. The van der Waals surface area contributed by atoms with E-state index in [1.165, 1.54) is 0 Å². The molecule has 0 atom stereocenters. The summed E-state index contributed by atoms with van der Waals surface area (Å²) in [6.07, 6.45) is 1.55. The highest BCUT2D eigenvalue weighted by atomic mass is 16.5. The van der Waals surface area contributed by atoms with Crippen molar-refractivity contribution < 1.29 is 9.53 Å². The monoisotopic (exact) mass is 358 g/mol. The number of para-hydroxylation sites is 1. The lowest BCUT2D eigenvalue weighted by Gasteiger charge is -2.12. The number of nitrogens with one attached hydrogen (secondary N) is 2. The minimum atomic E-state index is -0.320. The fraction of sp³-hybridized carbons (Fsp3) is 0.0952. The number of nitriles is 1. The molecule has 27 heavy (non-hydrogen) atoms. The first-order chi connectivity index (χ1) is 13.1. The maximum absolute atomic E-state index is 12.6. The van der Waals surface area contributed by atoms with Gasteiger partial charge in [0.15, 0.2) is 0 Å². The third kappa shape index (κ3) is 4.22. The van der Waals surface area contributed by atoms with E-state index in [2.05, 4.69) is 21.7 Å². The number of hydrogen-bond acceptors (Lipinski definition) is 5. The average Bonchev–Trinajstić information content (AvgIpc) is 2.69. The predicted octanol–water partition coefficient (Wildman–Crippen LogP) is 4.27. The van der Waals surface area contributed by atoms with Gasteiger partial charge in [0.05, 0.1) is 24.0 Å². The largest absolute Gasteiger partial charge is 0.495 e. The van der Waals surface area contributed by atoms with Crippen molar-refractivity contribution in [2.24, 2.45) is 0 Å². The number of nitrogens with zero attached hydrogens (tertiary/aromatic N) is 2. The Labute approximate surface area is 157 Å². The molecule has 3 rings (SSSR count). The fourth-order valence-corrected chi connectivity index (χ4v) is 2.58. The molecule has 1 heterocycles. The minimum Gasteiger partial charge on any atom is -0.495 e. The molecule has 0 bridgehead atoms. The van der Waals surface area contributed by atoms with Crippen molar-refractivity contribution in [2.45, 2.75) is 6.92 Å². The van der Waals surface area contributed by atoms with E-state index in [-0.39, 0.29) is 5.91 Å². The van der Waals surface area contributed by atoms with Gasteiger partial charge in [-0.2, -0.15) is 5.26 Å². The van der Waals surface area contributed by atoms with Crippen LogP contribution in [0.1, 0.15) is 21.5 Å². The Kier molecular flexibility index (Phi) is 5.33. The van der Waals surface area contributed by atoms with Crippen LogP contribution in [-0.2, 0) is 0 Å². The summed E-state index contributed by atoms with van der Waals surface area (Å²) < 4.78 is 5.35. The second kappa shape index (κ2) is 8.02. The summed E-state index contributed by atoms with van der Waals surface area (Å²) in [6, 6.07) is 17.9. The van der Waals surface area contributed by atoms with Crippen molar-refractivity contribution in [1.82, 2.24) is 4.98 Å². The fourth-order valence-electron chi connectivity index (χ4n) is 2.58. The van der Waals surface area contributed by atoms with Crippen LogP contribution in [0.25, 0.3) is 0 Å². The van der Waals surface area contributed by atoms with Gasteiger partial charge in [-0.05, 0) is 48.9 Å². The molecule has 6 nitrogen and oxygen atoms in total. The van der Waals surface area contributed by atoms with E-state index in [0.29, 0.717) is 28.4 Å². The molecule has 1 aromatic heterocycles. The van der Waals surface area contributed by atoms with Crippen LogP contribution in [0.4, 0.5) is 17.2 Å². The highest BCUT2D eigenvalue weighted by Crippen LogP contribution is 2.28. The molecule has 0 aliphatic rings. The molecule has 0 aliphatic carbocycles. The first-order valence-electron chi connectivity index (χ1n) is 8.29. The minimum absolute atomic E-state index is 0.320. The van der Waals surface area contributed by atoms with Crippen LogP contribution in [0.15, 0.2) is 60.8 Å². The van der Waals surface area contributed by atoms with Gasteiger partial charge in [0, 0.05) is 11.8 Å². The van der Waals surface area contributed by atoms with Gasteiger partial charge in [-0.3, -0.25) is 4.79 Å². The molecular weight excluding hydrogens is 340 g/mol. The normalized spacial score (nSPS) is 9.96. The topological polar surface area (TPSA) is 87.0 Å². The van der Waals surface area contributed by atoms with E-state index in [0.717, 1.165) is 11.3 Å². The van der Waals surface area contributed by atoms with Crippen molar-refractivity contribution in [3.8, 4) is 11.8 Å². The number of carbonyl (C=O) groups is 1. The Morgan fingerprint density at radius 2 is 1.93 bits per heavy atom. The van der Waals surface area contributed by atoms with Crippen molar-refractivity contribution >= 4 is 23.1 Å². The number of pyridine rings is 1. The zero-order valence-electron chi connectivity index (χ0n) is 15.0. The zero-order valence-corrected chi connectivity index (χ0v) is 15.0. The Hall–Kier alpha value is -3.85. The highest BCUT2D eigenvalue weighted by molar-refractivity contribution is 6.05. The van der Waals surface area contributed by atoms with E-state index in [1.54, 1.807) is 49.7 Å². The zero-order chi connectivity index (χ0) is 19.2. The second-order valence-corrected chi connectivity index (χ2v) is 5.87. The van der Waals surface area contributed by atoms with E-state index in [1.807, 2.05) is 25.1 Å². The molecule has 0 spiro atoms. The molecule has 2 N–H and O–H groups in total. The molecule has 2 aromatic carbocycles. The summed E-state index contributed by atoms with van der Waals surface area (Å²) in [7, 11) is 1.60. The van der Waals surface area contributed by atoms with Crippen LogP contribution < -0.4 is 15.4 Å². The van der Waals surface area contributed by atoms with Crippen LogP contribution in [0.3, 0.4) is 0 Å². The van der Waals surface area contributed by atoms with Crippen LogP contribution in [-0.4, -0.2) is 18.0 Å². The Morgan fingerprint density at radius 3 is 2.70 bits per heavy atom. The number of rotatable bonds is 5. The molecule has 3 aromatic rings. The molecule has 0 saturated carbocycles. The molecule has 0 aliphatic heterocycles. The predicted molar refractivity (Wildman–Crippen MR) is 104 cm³/mol. The van der Waals surface area contributed by atoms with Crippen molar-refractivity contribution in [1.29, 1.82) is 5.26 Å². The standard InChI is InChI=1S/C21H18N4O2/c1-14-7-8-19(27-2)18(11-14)24-20-12-15(9-10-23-20)21(26)25-17-6-4-3-5-16(17)13-22/h3-12H,1-2H3,(H,23,24)(H,25,26). The molecule has 134 valence electrons. The first-order valence-corrected chi connectivity index (χ1v) is 8.29. The summed E-state index contributed by atoms with van der Waals surface area (Å²) in [4.78, 5) is 16.8. The summed E-state index contributed by atoms with van der Waals surface area (Å²) in [5.41, 5.74) is 3.13. The number of ether oxygens (including phenoxy) is 1. The summed E-state index contributed by atoms with van der Waals surface area (Å²) >= 11 is 0. The number of aryl methyl sites for hydroxylation is 1. The van der Waals surface area contributed by atoms with Gasteiger partial charge in [-0.15, -0.1) is 0 Å². The highest BCUT2D eigenvalue weighted by Gasteiger charge is 2.11.